The molecular weight excluding hydrogens is 425 g/mol. The Kier molecular flexibility index (Phi) is 9.17. The molecule has 24 heavy (non-hydrogen) atoms. The average Bonchev–Trinajstić information content (AvgIpc) is 2.53. The number of hydrogen-bond donors (Lipinski definition) is 2. The molecule has 0 saturated carbocycles. The fourth-order valence-corrected chi connectivity index (χ4v) is 3.60. The smallest absolute Gasteiger partial charge is 0.306 e. The van der Waals surface area contributed by atoms with E-state index >= 15 is 0 Å². The van der Waals surface area contributed by atoms with Gasteiger partial charge in [0.25, 0.3) is 5.91 Å². The molecule has 0 spiro atoms. The lowest BCUT2D eigenvalue weighted by Gasteiger charge is -2.29. The lowest BCUT2D eigenvalue weighted by atomic mass is 9.87. The number of carbonyl (C=O) groups excluding carboxylic acids is 2. The molecule has 6 nitrogen and oxygen atoms in total. The van der Waals surface area contributed by atoms with Crippen LogP contribution in [0.3, 0.4) is 0 Å². The number of ether oxygens (including phenoxy) is 2. The number of carbonyl (C=O) groups is 2. The van der Waals surface area contributed by atoms with Gasteiger partial charge < -0.3 is 19.9 Å². The Balaban J connectivity index is 2.39. The van der Waals surface area contributed by atoms with Crippen LogP contribution in [0.1, 0.15) is 39.5 Å². The Hall–Kier alpha value is -1.25. The Labute approximate surface area is 156 Å². The summed E-state index contributed by atoms with van der Waals surface area (Å²) in [4.78, 5) is 23.3. The molecule has 0 bridgehead atoms. The van der Waals surface area contributed by atoms with E-state index in [4.69, 9.17) is 9.47 Å². The van der Waals surface area contributed by atoms with Gasteiger partial charge in [0.1, 0.15) is 5.76 Å². The number of unbranched alkanes of at least 4 members (excludes halogenated alkanes) is 2. The molecule has 0 fully saturated rings. The van der Waals surface area contributed by atoms with E-state index in [1.54, 1.807) is 6.08 Å². The van der Waals surface area contributed by atoms with Crippen molar-refractivity contribution >= 4 is 34.5 Å². The first-order valence-electron chi connectivity index (χ1n) is 8.17. The number of amides is 1. The van der Waals surface area contributed by atoms with Crippen LogP contribution in [0.2, 0.25) is 0 Å². The number of esters is 1. The molecule has 0 saturated heterocycles. The summed E-state index contributed by atoms with van der Waals surface area (Å²) in [6.45, 7) is 4.13. The SMILES string of the molecule is CCCCCC(=O)OCC(=O)NCC1C(I)=CC(O)=C(OC)C1C. The molecule has 0 aliphatic heterocycles. The molecule has 1 aliphatic carbocycles. The topological polar surface area (TPSA) is 84.9 Å². The van der Waals surface area contributed by atoms with Gasteiger partial charge in [0.15, 0.2) is 12.4 Å². The van der Waals surface area contributed by atoms with Crippen LogP contribution in [0.25, 0.3) is 0 Å². The zero-order valence-electron chi connectivity index (χ0n) is 14.4. The molecular formula is C17H26INO5. The number of aliphatic hydroxyl groups is 1. The second kappa shape index (κ2) is 10.6. The third-order valence-corrected chi connectivity index (χ3v) is 5.10. The fraction of sp³-hybridized carbons (Fsp3) is 0.647. The van der Waals surface area contributed by atoms with E-state index in [0.29, 0.717) is 18.7 Å². The first kappa shape index (κ1) is 20.8. The average molecular weight is 451 g/mol. The van der Waals surface area contributed by atoms with Gasteiger partial charge in [-0.25, -0.2) is 0 Å². The number of allylic oxidation sites excluding steroid dienone is 2. The van der Waals surface area contributed by atoms with E-state index in [2.05, 4.69) is 34.8 Å². The van der Waals surface area contributed by atoms with Crippen LogP contribution in [-0.4, -0.2) is 37.2 Å². The van der Waals surface area contributed by atoms with Crippen molar-refractivity contribution in [1.82, 2.24) is 5.32 Å². The molecule has 0 radical (unpaired) electrons. The van der Waals surface area contributed by atoms with Crippen LogP contribution >= 0.6 is 22.6 Å². The van der Waals surface area contributed by atoms with Gasteiger partial charge >= 0.3 is 5.97 Å². The monoisotopic (exact) mass is 451 g/mol. The predicted molar refractivity (Wildman–Crippen MR) is 99.5 cm³/mol. The van der Waals surface area contributed by atoms with Gasteiger partial charge in [-0.1, -0.05) is 26.7 Å². The Morgan fingerprint density at radius 1 is 1.38 bits per heavy atom. The van der Waals surface area contributed by atoms with Crippen molar-refractivity contribution in [1.29, 1.82) is 0 Å². The molecule has 1 aliphatic rings. The standard InChI is InChI=1S/C17H26INO5/c1-4-5-6-7-16(22)24-10-15(21)19-9-12-11(2)17(23-3)14(20)8-13(12)18/h8,11-12,20H,4-7,9-10H2,1-3H3,(H,19,21). The van der Waals surface area contributed by atoms with E-state index in [9.17, 15) is 14.7 Å². The van der Waals surface area contributed by atoms with Gasteiger partial charge in [-0.2, -0.15) is 0 Å². The summed E-state index contributed by atoms with van der Waals surface area (Å²) in [6.07, 6.45) is 4.79. The molecule has 2 unspecified atom stereocenters. The van der Waals surface area contributed by atoms with Crippen LogP contribution in [-0.2, 0) is 19.1 Å². The second-order valence-electron chi connectivity index (χ2n) is 5.80. The van der Waals surface area contributed by atoms with Crippen molar-refractivity contribution in [2.24, 2.45) is 11.8 Å². The molecule has 2 atom stereocenters. The highest BCUT2D eigenvalue weighted by molar-refractivity contribution is 14.1. The van der Waals surface area contributed by atoms with Gasteiger partial charge in [-0.15, -0.1) is 0 Å². The van der Waals surface area contributed by atoms with E-state index < -0.39 is 0 Å². The maximum Gasteiger partial charge on any atom is 0.306 e. The minimum absolute atomic E-state index is 0.0145. The highest BCUT2D eigenvalue weighted by atomic mass is 127. The lowest BCUT2D eigenvalue weighted by molar-refractivity contribution is -0.148. The molecule has 0 aromatic carbocycles. The maximum absolute atomic E-state index is 11.8. The highest BCUT2D eigenvalue weighted by Gasteiger charge is 2.30. The Morgan fingerprint density at radius 2 is 2.08 bits per heavy atom. The molecule has 0 aromatic heterocycles. The maximum atomic E-state index is 11.8. The normalized spacial score (nSPS) is 20.4. The minimum Gasteiger partial charge on any atom is -0.504 e. The highest BCUT2D eigenvalue weighted by Crippen LogP contribution is 2.36. The molecule has 0 heterocycles. The van der Waals surface area contributed by atoms with Crippen molar-refractivity contribution in [2.75, 3.05) is 20.3 Å². The van der Waals surface area contributed by atoms with Crippen molar-refractivity contribution in [3.63, 3.8) is 0 Å². The summed E-state index contributed by atoms with van der Waals surface area (Å²) in [7, 11) is 1.52. The second-order valence-corrected chi connectivity index (χ2v) is 7.05. The number of nitrogens with one attached hydrogen (secondary N) is 1. The minimum atomic E-state index is -0.339. The van der Waals surface area contributed by atoms with Crippen molar-refractivity contribution in [3.05, 3.63) is 21.2 Å². The Morgan fingerprint density at radius 3 is 2.71 bits per heavy atom. The largest absolute Gasteiger partial charge is 0.504 e. The zero-order chi connectivity index (χ0) is 18.1. The fourth-order valence-electron chi connectivity index (χ4n) is 2.54. The number of aliphatic hydroxyl groups excluding tert-OH is 1. The van der Waals surface area contributed by atoms with Crippen LogP contribution in [0, 0.1) is 11.8 Å². The van der Waals surface area contributed by atoms with Crippen molar-refractivity contribution < 1.29 is 24.2 Å². The molecule has 7 heteroatoms. The van der Waals surface area contributed by atoms with Gasteiger partial charge in [0.05, 0.1) is 7.11 Å². The first-order chi connectivity index (χ1) is 11.4. The number of halogens is 1. The van der Waals surface area contributed by atoms with Crippen LogP contribution in [0.4, 0.5) is 0 Å². The molecule has 1 rings (SSSR count). The summed E-state index contributed by atoms with van der Waals surface area (Å²) in [5, 5.41) is 12.6. The van der Waals surface area contributed by atoms with Crippen LogP contribution < -0.4 is 5.32 Å². The summed E-state index contributed by atoms with van der Waals surface area (Å²) < 4.78 is 11.1. The number of hydrogen-bond acceptors (Lipinski definition) is 5. The summed E-state index contributed by atoms with van der Waals surface area (Å²) in [5.74, 6) is -0.0685. The van der Waals surface area contributed by atoms with E-state index in [0.717, 1.165) is 22.8 Å². The molecule has 0 aromatic rings. The van der Waals surface area contributed by atoms with Gasteiger partial charge in [-0.3, -0.25) is 9.59 Å². The quantitative estimate of drug-likeness (QED) is 0.320. The van der Waals surface area contributed by atoms with Gasteiger partial charge in [0, 0.05) is 24.8 Å². The number of rotatable bonds is 9. The van der Waals surface area contributed by atoms with Gasteiger partial charge in [-0.05, 0) is 38.7 Å². The van der Waals surface area contributed by atoms with E-state index in [-0.39, 0.29) is 36.1 Å². The van der Waals surface area contributed by atoms with E-state index in [1.165, 1.54) is 7.11 Å². The Bertz CT molecular complexity index is 515. The van der Waals surface area contributed by atoms with Crippen LogP contribution in [0.5, 0.6) is 0 Å². The van der Waals surface area contributed by atoms with Crippen molar-refractivity contribution in [2.45, 2.75) is 39.5 Å². The first-order valence-corrected chi connectivity index (χ1v) is 9.25. The van der Waals surface area contributed by atoms with Crippen LogP contribution in [0.15, 0.2) is 21.2 Å². The summed E-state index contributed by atoms with van der Waals surface area (Å²) in [6, 6.07) is 0. The molecule has 2 N–H and O–H groups in total. The van der Waals surface area contributed by atoms with E-state index in [1.807, 2.05) is 6.92 Å². The zero-order valence-corrected chi connectivity index (χ0v) is 16.6. The summed E-state index contributed by atoms with van der Waals surface area (Å²) in [5.41, 5.74) is 0. The molecule has 136 valence electrons. The van der Waals surface area contributed by atoms with Gasteiger partial charge in [0.2, 0.25) is 0 Å². The summed E-state index contributed by atoms with van der Waals surface area (Å²) >= 11 is 2.15. The third kappa shape index (κ3) is 6.33. The predicted octanol–water partition coefficient (Wildman–Crippen LogP) is 3.23. The number of methoxy groups -OCH3 is 1. The lowest BCUT2D eigenvalue weighted by Crippen LogP contribution is -2.36. The molecule has 1 amide bonds. The van der Waals surface area contributed by atoms with Crippen molar-refractivity contribution in [3.8, 4) is 0 Å². The third-order valence-electron chi connectivity index (χ3n) is 3.99.